The van der Waals surface area contributed by atoms with Gasteiger partial charge in [0.25, 0.3) is 10.0 Å². The second-order valence-electron chi connectivity index (χ2n) is 6.06. The molecular formula is C16H19N3O3S. The zero-order valence-electron chi connectivity index (χ0n) is 13.6. The normalized spacial score (nSPS) is 25.1. The van der Waals surface area contributed by atoms with Gasteiger partial charge in [-0.05, 0) is 38.8 Å². The molecule has 6 nitrogen and oxygen atoms in total. The van der Waals surface area contributed by atoms with Crippen LogP contribution in [-0.2, 0) is 14.8 Å². The second kappa shape index (κ2) is 5.19. The molecule has 0 aromatic rings. The van der Waals surface area contributed by atoms with Gasteiger partial charge in [-0.3, -0.25) is 9.10 Å². The van der Waals surface area contributed by atoms with Gasteiger partial charge in [-0.1, -0.05) is 5.57 Å². The second-order valence-corrected chi connectivity index (χ2v) is 7.99. The number of hydrogen-bond acceptors (Lipinski definition) is 5. The minimum Gasteiger partial charge on any atom is -0.342 e. The van der Waals surface area contributed by atoms with Gasteiger partial charge in [0.2, 0.25) is 5.78 Å². The fraction of sp³-hybridized carbons (Fsp3) is 0.375. The van der Waals surface area contributed by atoms with Crippen molar-refractivity contribution in [3.05, 3.63) is 44.9 Å². The summed E-state index contributed by atoms with van der Waals surface area (Å²) in [5.74, 6) is 0.435. The molecule has 0 spiro atoms. The summed E-state index contributed by atoms with van der Waals surface area (Å²) < 4.78 is 26.4. The van der Waals surface area contributed by atoms with Gasteiger partial charge in [-0.15, -0.1) is 0 Å². The monoisotopic (exact) mass is 333 g/mol. The minimum atomic E-state index is -3.68. The Hall–Kier alpha value is -2.15. The number of Topliss-reactive ketones (excluding diaryl/α,β-unsaturated/α-hetero) is 1. The van der Waals surface area contributed by atoms with Crippen LogP contribution in [0.15, 0.2) is 49.9 Å². The predicted octanol–water partition coefficient (Wildman–Crippen LogP) is 1.96. The standard InChI is InChI=1S/C16H19N3O3S/c1-9-7-12-13(8-9)23(21,22)19(4)14(15(12)20)11(3)18-16-10(2)5-6-17-16/h6,8,18H,5,7H2,1-4H3/b14-11-. The third-order valence-corrected chi connectivity index (χ3v) is 6.08. The first-order chi connectivity index (χ1) is 10.7. The van der Waals surface area contributed by atoms with Crippen molar-refractivity contribution < 1.29 is 13.2 Å². The molecule has 7 heteroatoms. The van der Waals surface area contributed by atoms with Gasteiger partial charge in [0, 0.05) is 31.0 Å². The Balaban J connectivity index is 2.08. The molecule has 3 aliphatic rings. The van der Waals surface area contributed by atoms with Crippen LogP contribution in [0.2, 0.25) is 0 Å². The molecular weight excluding hydrogens is 314 g/mol. The molecule has 0 amide bonds. The number of carbonyl (C=O) groups is 1. The maximum absolute atomic E-state index is 12.8. The van der Waals surface area contributed by atoms with Gasteiger partial charge in [-0.2, -0.15) is 0 Å². The Morgan fingerprint density at radius 1 is 1.35 bits per heavy atom. The third-order valence-electron chi connectivity index (χ3n) is 4.26. The highest BCUT2D eigenvalue weighted by molar-refractivity contribution is 7.93. The molecule has 0 saturated heterocycles. The van der Waals surface area contributed by atoms with Crippen molar-refractivity contribution in [2.24, 2.45) is 4.99 Å². The number of hydrogen-bond donors (Lipinski definition) is 1. The van der Waals surface area contributed by atoms with Crippen LogP contribution in [0.1, 0.15) is 33.6 Å². The summed E-state index contributed by atoms with van der Waals surface area (Å²) in [6, 6.07) is 0. The lowest BCUT2D eigenvalue weighted by molar-refractivity contribution is -0.113. The van der Waals surface area contributed by atoms with E-state index in [1.165, 1.54) is 7.05 Å². The van der Waals surface area contributed by atoms with E-state index in [1.54, 1.807) is 19.2 Å². The largest absolute Gasteiger partial charge is 0.342 e. The van der Waals surface area contributed by atoms with Crippen LogP contribution in [0.3, 0.4) is 0 Å². The van der Waals surface area contributed by atoms with Crippen molar-refractivity contribution >= 4 is 22.0 Å². The van der Waals surface area contributed by atoms with E-state index in [4.69, 9.17) is 0 Å². The van der Waals surface area contributed by atoms with E-state index in [-0.39, 0.29) is 16.4 Å². The van der Waals surface area contributed by atoms with Crippen LogP contribution in [0.25, 0.3) is 0 Å². The number of carbonyl (C=O) groups excluding carboxylic acids is 1. The first kappa shape index (κ1) is 15.7. The number of likely N-dealkylation sites (N-methyl/N-ethyl adjacent to an activating group) is 1. The molecule has 23 heavy (non-hydrogen) atoms. The first-order valence-electron chi connectivity index (χ1n) is 7.37. The van der Waals surface area contributed by atoms with E-state index in [0.29, 0.717) is 23.5 Å². The van der Waals surface area contributed by atoms with Crippen molar-refractivity contribution in [1.82, 2.24) is 9.62 Å². The predicted molar refractivity (Wildman–Crippen MR) is 88.7 cm³/mol. The van der Waals surface area contributed by atoms with E-state index in [0.717, 1.165) is 21.9 Å². The maximum Gasteiger partial charge on any atom is 0.264 e. The van der Waals surface area contributed by atoms with Gasteiger partial charge in [0.1, 0.15) is 11.5 Å². The summed E-state index contributed by atoms with van der Waals surface area (Å²) in [5.41, 5.74) is 2.94. The van der Waals surface area contributed by atoms with Gasteiger partial charge in [-0.25, -0.2) is 13.4 Å². The quantitative estimate of drug-likeness (QED) is 0.784. The zero-order valence-corrected chi connectivity index (χ0v) is 14.4. The molecule has 0 radical (unpaired) electrons. The molecule has 0 saturated carbocycles. The van der Waals surface area contributed by atoms with Crippen molar-refractivity contribution in [3.8, 4) is 0 Å². The Morgan fingerprint density at radius 3 is 2.65 bits per heavy atom. The molecule has 0 fully saturated rings. The number of nitrogens with one attached hydrogen (secondary N) is 1. The number of nitrogens with zero attached hydrogens (tertiary/aromatic N) is 2. The fourth-order valence-electron chi connectivity index (χ4n) is 2.97. The smallest absolute Gasteiger partial charge is 0.264 e. The average molecular weight is 333 g/mol. The summed E-state index contributed by atoms with van der Waals surface area (Å²) in [4.78, 5) is 17.2. The summed E-state index contributed by atoms with van der Waals surface area (Å²) in [7, 11) is -2.27. The third kappa shape index (κ3) is 2.35. The van der Waals surface area contributed by atoms with Crippen molar-refractivity contribution in [2.45, 2.75) is 33.6 Å². The highest BCUT2D eigenvalue weighted by Crippen LogP contribution is 2.38. The highest BCUT2D eigenvalue weighted by Gasteiger charge is 2.41. The lowest BCUT2D eigenvalue weighted by Gasteiger charge is -2.29. The van der Waals surface area contributed by atoms with Crippen LogP contribution >= 0.6 is 0 Å². The van der Waals surface area contributed by atoms with Crippen LogP contribution in [0.4, 0.5) is 0 Å². The number of rotatable bonds is 2. The molecule has 122 valence electrons. The molecule has 1 N–H and O–H groups in total. The summed E-state index contributed by atoms with van der Waals surface area (Å²) in [6.45, 7) is 5.48. The summed E-state index contributed by atoms with van der Waals surface area (Å²) in [5, 5.41) is 3.08. The van der Waals surface area contributed by atoms with Crippen LogP contribution in [0.5, 0.6) is 0 Å². The Morgan fingerprint density at radius 2 is 2.04 bits per heavy atom. The zero-order chi connectivity index (χ0) is 16.9. The number of sulfonamides is 1. The molecule has 0 bridgehead atoms. The van der Waals surface area contributed by atoms with Crippen molar-refractivity contribution in [1.29, 1.82) is 0 Å². The summed E-state index contributed by atoms with van der Waals surface area (Å²) >= 11 is 0. The Labute approximate surface area is 136 Å². The molecule has 0 atom stereocenters. The lowest BCUT2D eigenvalue weighted by atomic mass is 10.0. The molecule has 0 aromatic carbocycles. The maximum atomic E-state index is 12.8. The van der Waals surface area contributed by atoms with Crippen molar-refractivity contribution in [2.75, 3.05) is 7.05 Å². The fourth-order valence-corrected chi connectivity index (χ4v) is 4.55. The number of aliphatic imine (C=N–C) groups is 1. The van der Waals surface area contributed by atoms with Crippen LogP contribution < -0.4 is 5.32 Å². The SMILES string of the molecule is CC1=CC2=C(C1)C(=O)/C(=C(\C)NC1=C(C)CC=N1)N(C)S2(=O)=O. The van der Waals surface area contributed by atoms with E-state index >= 15 is 0 Å². The first-order valence-corrected chi connectivity index (χ1v) is 8.81. The Kier molecular flexibility index (Phi) is 3.55. The number of ketones is 1. The highest BCUT2D eigenvalue weighted by atomic mass is 32.2. The van der Waals surface area contributed by atoms with E-state index < -0.39 is 10.0 Å². The topological polar surface area (TPSA) is 78.8 Å². The number of allylic oxidation sites excluding steroid dienone is 5. The van der Waals surface area contributed by atoms with Gasteiger partial charge in [0.05, 0.1) is 4.91 Å². The molecule has 0 unspecified atom stereocenters. The van der Waals surface area contributed by atoms with Gasteiger partial charge < -0.3 is 5.32 Å². The van der Waals surface area contributed by atoms with Crippen molar-refractivity contribution in [3.63, 3.8) is 0 Å². The van der Waals surface area contributed by atoms with Gasteiger partial charge >= 0.3 is 0 Å². The minimum absolute atomic E-state index is 0.133. The van der Waals surface area contributed by atoms with Gasteiger partial charge in [0.15, 0.2) is 0 Å². The molecule has 3 rings (SSSR count). The summed E-state index contributed by atoms with van der Waals surface area (Å²) in [6.07, 6.45) is 4.51. The van der Waals surface area contributed by atoms with Crippen LogP contribution in [-0.4, -0.2) is 31.8 Å². The molecule has 2 aliphatic heterocycles. The molecule has 1 aliphatic carbocycles. The van der Waals surface area contributed by atoms with E-state index in [2.05, 4.69) is 10.3 Å². The van der Waals surface area contributed by atoms with Crippen LogP contribution in [0, 0.1) is 0 Å². The Bertz CT molecular complexity index is 870. The average Bonchev–Trinajstić information content (AvgIpc) is 3.05. The molecule has 0 aromatic heterocycles. The molecule has 2 heterocycles. The van der Waals surface area contributed by atoms with E-state index in [1.807, 2.05) is 13.8 Å². The lowest BCUT2D eigenvalue weighted by Crippen LogP contribution is -2.38. The van der Waals surface area contributed by atoms with E-state index in [9.17, 15) is 13.2 Å².